The minimum atomic E-state index is 0.328. The van der Waals surface area contributed by atoms with Crippen molar-refractivity contribution in [3.63, 3.8) is 0 Å². The summed E-state index contributed by atoms with van der Waals surface area (Å²) in [6, 6.07) is 8.99. The Morgan fingerprint density at radius 3 is 2.67 bits per heavy atom. The molecule has 1 aliphatic carbocycles. The topological polar surface area (TPSA) is 21.3 Å². The standard InChI is InChI=1S/C19H31NO/c1-3-13-20-19(18-12-8-7-9-16(18)2)15-21-14-17-10-5-4-6-11-17/h7-9,12,17,19-20H,3-6,10-11,13-15H2,1-2H3. The zero-order valence-electron chi connectivity index (χ0n) is 13.7. The second-order valence-electron chi connectivity index (χ2n) is 6.40. The molecule has 1 unspecified atom stereocenters. The third-order valence-corrected chi connectivity index (χ3v) is 4.57. The molecule has 2 nitrogen and oxygen atoms in total. The summed E-state index contributed by atoms with van der Waals surface area (Å²) >= 11 is 0. The van der Waals surface area contributed by atoms with Gasteiger partial charge in [-0.1, -0.05) is 50.5 Å². The molecular weight excluding hydrogens is 258 g/mol. The Morgan fingerprint density at radius 1 is 1.19 bits per heavy atom. The molecule has 21 heavy (non-hydrogen) atoms. The second kappa shape index (κ2) is 9.22. The Bertz CT molecular complexity index is 398. The normalized spacial score (nSPS) is 17.8. The van der Waals surface area contributed by atoms with Crippen molar-refractivity contribution in [1.82, 2.24) is 5.32 Å². The molecule has 118 valence electrons. The molecule has 1 aliphatic rings. The molecule has 0 saturated heterocycles. The highest BCUT2D eigenvalue weighted by Crippen LogP contribution is 2.24. The van der Waals surface area contributed by atoms with Crippen LogP contribution in [0.3, 0.4) is 0 Å². The van der Waals surface area contributed by atoms with Gasteiger partial charge in [0, 0.05) is 6.61 Å². The predicted octanol–water partition coefficient (Wildman–Crippen LogP) is 4.63. The maximum absolute atomic E-state index is 6.08. The third kappa shape index (κ3) is 5.44. The lowest BCUT2D eigenvalue weighted by atomic mass is 9.90. The lowest BCUT2D eigenvalue weighted by molar-refractivity contribution is 0.0692. The highest BCUT2D eigenvalue weighted by molar-refractivity contribution is 5.28. The lowest BCUT2D eigenvalue weighted by Crippen LogP contribution is -2.28. The fraction of sp³-hybridized carbons (Fsp3) is 0.684. The maximum atomic E-state index is 6.08. The second-order valence-corrected chi connectivity index (χ2v) is 6.40. The van der Waals surface area contributed by atoms with E-state index in [1.807, 2.05) is 0 Å². The van der Waals surface area contributed by atoms with Gasteiger partial charge in [-0.05, 0) is 49.8 Å². The molecule has 1 aromatic rings. The fourth-order valence-electron chi connectivity index (χ4n) is 3.26. The van der Waals surface area contributed by atoms with Gasteiger partial charge in [0.1, 0.15) is 0 Å². The van der Waals surface area contributed by atoms with Crippen molar-refractivity contribution in [2.24, 2.45) is 5.92 Å². The summed E-state index contributed by atoms with van der Waals surface area (Å²) in [5.41, 5.74) is 2.74. The van der Waals surface area contributed by atoms with Crippen molar-refractivity contribution >= 4 is 0 Å². The summed E-state index contributed by atoms with van der Waals surface area (Å²) in [6.07, 6.45) is 8.08. The number of aryl methyl sites for hydroxylation is 1. The van der Waals surface area contributed by atoms with E-state index < -0.39 is 0 Å². The van der Waals surface area contributed by atoms with Crippen LogP contribution in [0.2, 0.25) is 0 Å². The average Bonchev–Trinajstić information content (AvgIpc) is 2.52. The van der Waals surface area contributed by atoms with Crippen molar-refractivity contribution in [2.45, 2.75) is 58.4 Å². The van der Waals surface area contributed by atoms with Gasteiger partial charge in [-0.2, -0.15) is 0 Å². The summed E-state index contributed by atoms with van der Waals surface area (Å²) in [5, 5.41) is 3.64. The van der Waals surface area contributed by atoms with Gasteiger partial charge in [0.15, 0.2) is 0 Å². The molecule has 1 atom stereocenters. The Hall–Kier alpha value is -0.860. The number of nitrogens with one attached hydrogen (secondary N) is 1. The maximum Gasteiger partial charge on any atom is 0.0661 e. The van der Waals surface area contributed by atoms with Crippen molar-refractivity contribution in [1.29, 1.82) is 0 Å². The van der Waals surface area contributed by atoms with E-state index in [0.29, 0.717) is 6.04 Å². The van der Waals surface area contributed by atoms with Crippen LogP contribution in [0.4, 0.5) is 0 Å². The van der Waals surface area contributed by atoms with E-state index in [4.69, 9.17) is 4.74 Å². The van der Waals surface area contributed by atoms with E-state index in [1.54, 1.807) is 0 Å². The summed E-state index contributed by atoms with van der Waals surface area (Å²) < 4.78 is 6.08. The molecule has 1 saturated carbocycles. The monoisotopic (exact) mass is 289 g/mol. The van der Waals surface area contributed by atoms with Gasteiger partial charge in [-0.3, -0.25) is 0 Å². The molecule has 0 bridgehead atoms. The molecule has 1 N–H and O–H groups in total. The third-order valence-electron chi connectivity index (χ3n) is 4.57. The first-order valence-electron chi connectivity index (χ1n) is 8.68. The Labute approximate surface area is 130 Å². The van der Waals surface area contributed by atoms with Crippen LogP contribution in [0.15, 0.2) is 24.3 Å². The van der Waals surface area contributed by atoms with E-state index in [2.05, 4.69) is 43.4 Å². The Kier molecular flexibility index (Phi) is 7.25. The van der Waals surface area contributed by atoms with E-state index >= 15 is 0 Å². The van der Waals surface area contributed by atoms with Crippen LogP contribution >= 0.6 is 0 Å². The predicted molar refractivity (Wildman–Crippen MR) is 89.6 cm³/mol. The Morgan fingerprint density at radius 2 is 1.95 bits per heavy atom. The molecule has 2 rings (SSSR count). The molecule has 0 heterocycles. The highest BCUT2D eigenvalue weighted by atomic mass is 16.5. The summed E-state index contributed by atoms with van der Waals surface area (Å²) in [6.45, 7) is 7.19. The molecule has 1 fully saturated rings. The molecule has 0 amide bonds. The first-order valence-corrected chi connectivity index (χ1v) is 8.68. The van der Waals surface area contributed by atoms with Crippen LogP contribution in [-0.4, -0.2) is 19.8 Å². The molecule has 0 aliphatic heterocycles. The number of hydrogen-bond donors (Lipinski definition) is 1. The first kappa shape index (κ1) is 16.5. The lowest BCUT2D eigenvalue weighted by Gasteiger charge is -2.24. The number of hydrogen-bond acceptors (Lipinski definition) is 2. The van der Waals surface area contributed by atoms with Gasteiger partial charge in [0.25, 0.3) is 0 Å². The van der Waals surface area contributed by atoms with E-state index in [-0.39, 0.29) is 0 Å². The van der Waals surface area contributed by atoms with Gasteiger partial charge in [0.2, 0.25) is 0 Å². The number of rotatable bonds is 8. The van der Waals surface area contributed by atoms with Gasteiger partial charge < -0.3 is 10.1 Å². The van der Waals surface area contributed by atoms with Gasteiger partial charge >= 0.3 is 0 Å². The minimum Gasteiger partial charge on any atom is -0.379 e. The number of benzene rings is 1. The summed E-state index contributed by atoms with van der Waals surface area (Å²) in [5.74, 6) is 0.794. The SMILES string of the molecule is CCCNC(COCC1CCCCC1)c1ccccc1C. The fourth-order valence-corrected chi connectivity index (χ4v) is 3.26. The van der Waals surface area contributed by atoms with Crippen LogP contribution in [-0.2, 0) is 4.74 Å². The van der Waals surface area contributed by atoms with Gasteiger partial charge in [0.05, 0.1) is 12.6 Å². The van der Waals surface area contributed by atoms with E-state index in [0.717, 1.165) is 32.1 Å². The zero-order chi connectivity index (χ0) is 14.9. The van der Waals surface area contributed by atoms with Crippen molar-refractivity contribution < 1.29 is 4.74 Å². The van der Waals surface area contributed by atoms with Crippen LogP contribution in [0.1, 0.15) is 62.6 Å². The average molecular weight is 289 g/mol. The van der Waals surface area contributed by atoms with Crippen LogP contribution < -0.4 is 5.32 Å². The molecule has 2 heteroatoms. The molecule has 0 radical (unpaired) electrons. The number of ether oxygens (including phenoxy) is 1. The van der Waals surface area contributed by atoms with Crippen molar-refractivity contribution in [3.8, 4) is 0 Å². The molecular formula is C19H31NO. The molecule has 1 aromatic carbocycles. The molecule has 0 aromatic heterocycles. The van der Waals surface area contributed by atoms with E-state index in [1.165, 1.54) is 43.2 Å². The van der Waals surface area contributed by atoms with Crippen LogP contribution in [0.5, 0.6) is 0 Å². The smallest absolute Gasteiger partial charge is 0.0661 e. The van der Waals surface area contributed by atoms with Crippen LogP contribution in [0.25, 0.3) is 0 Å². The van der Waals surface area contributed by atoms with Gasteiger partial charge in [-0.25, -0.2) is 0 Å². The summed E-state index contributed by atoms with van der Waals surface area (Å²) in [7, 11) is 0. The van der Waals surface area contributed by atoms with E-state index in [9.17, 15) is 0 Å². The summed E-state index contributed by atoms with van der Waals surface area (Å²) in [4.78, 5) is 0. The van der Waals surface area contributed by atoms with Crippen molar-refractivity contribution in [3.05, 3.63) is 35.4 Å². The largest absolute Gasteiger partial charge is 0.379 e. The van der Waals surface area contributed by atoms with Crippen LogP contribution in [0, 0.1) is 12.8 Å². The molecule has 0 spiro atoms. The quantitative estimate of drug-likeness (QED) is 0.753. The highest BCUT2D eigenvalue weighted by Gasteiger charge is 2.16. The Balaban J connectivity index is 1.85. The van der Waals surface area contributed by atoms with Crippen molar-refractivity contribution in [2.75, 3.05) is 19.8 Å². The zero-order valence-corrected chi connectivity index (χ0v) is 13.7. The minimum absolute atomic E-state index is 0.328. The van der Waals surface area contributed by atoms with Gasteiger partial charge in [-0.15, -0.1) is 0 Å². The first-order chi connectivity index (χ1) is 10.3.